The van der Waals surface area contributed by atoms with Gasteiger partial charge in [0.05, 0.1) is 6.04 Å². The Morgan fingerprint density at radius 2 is 2.05 bits per heavy atom. The van der Waals surface area contributed by atoms with Gasteiger partial charge >= 0.3 is 0 Å². The summed E-state index contributed by atoms with van der Waals surface area (Å²) in [5, 5.41) is 3.08. The molecule has 0 saturated carbocycles. The Morgan fingerprint density at radius 3 is 2.82 bits per heavy atom. The fourth-order valence-electron chi connectivity index (χ4n) is 2.94. The van der Waals surface area contributed by atoms with Crippen molar-refractivity contribution in [3.8, 4) is 11.5 Å². The first kappa shape index (κ1) is 14.4. The first-order valence-electron chi connectivity index (χ1n) is 7.41. The van der Waals surface area contributed by atoms with Gasteiger partial charge in [0, 0.05) is 5.56 Å². The summed E-state index contributed by atoms with van der Waals surface area (Å²) in [7, 11) is 0. The minimum Gasteiger partial charge on any atom is -0.454 e. The molecular formula is C18H19NO3. The predicted octanol–water partition coefficient (Wildman–Crippen LogP) is 3.37. The summed E-state index contributed by atoms with van der Waals surface area (Å²) in [6.07, 6.45) is 6.61. The molecule has 4 nitrogen and oxygen atoms in total. The van der Waals surface area contributed by atoms with Gasteiger partial charge < -0.3 is 14.8 Å². The predicted molar refractivity (Wildman–Crippen MR) is 85.1 cm³/mol. The first-order chi connectivity index (χ1) is 10.7. The molecule has 0 fully saturated rings. The highest BCUT2D eigenvalue weighted by atomic mass is 16.7. The van der Waals surface area contributed by atoms with Gasteiger partial charge in [-0.05, 0) is 48.6 Å². The molecule has 1 N–H and O–H groups in total. The van der Waals surface area contributed by atoms with Gasteiger partial charge in [0.15, 0.2) is 11.5 Å². The Bertz CT molecular complexity index is 660. The van der Waals surface area contributed by atoms with E-state index in [4.69, 9.17) is 9.47 Å². The Morgan fingerprint density at radius 1 is 1.23 bits per heavy atom. The van der Waals surface area contributed by atoms with Crippen molar-refractivity contribution in [2.75, 3.05) is 6.79 Å². The molecule has 1 aromatic carbocycles. The zero-order chi connectivity index (χ0) is 15.5. The molecule has 1 heterocycles. The third-order valence-corrected chi connectivity index (χ3v) is 4.09. The Kier molecular flexibility index (Phi) is 4.00. The number of rotatable bonds is 4. The first-order valence-corrected chi connectivity index (χ1v) is 7.41. The zero-order valence-corrected chi connectivity index (χ0v) is 12.4. The summed E-state index contributed by atoms with van der Waals surface area (Å²) in [5.41, 5.74) is 2.80. The van der Waals surface area contributed by atoms with Crippen LogP contribution >= 0.6 is 0 Å². The lowest BCUT2D eigenvalue weighted by atomic mass is 9.87. The molecule has 0 aromatic heterocycles. The molecule has 1 aliphatic carbocycles. The van der Waals surface area contributed by atoms with Crippen LogP contribution in [0.4, 0.5) is 0 Å². The van der Waals surface area contributed by atoms with E-state index in [1.54, 1.807) is 18.2 Å². The largest absolute Gasteiger partial charge is 0.454 e. The highest BCUT2D eigenvalue weighted by molar-refractivity contribution is 5.95. The molecule has 0 saturated heterocycles. The molecule has 3 rings (SSSR count). The van der Waals surface area contributed by atoms with E-state index >= 15 is 0 Å². The van der Waals surface area contributed by atoms with E-state index in [1.165, 1.54) is 0 Å². The summed E-state index contributed by atoms with van der Waals surface area (Å²) in [6, 6.07) is 5.21. The van der Waals surface area contributed by atoms with Crippen LogP contribution in [-0.2, 0) is 0 Å². The van der Waals surface area contributed by atoms with Crippen molar-refractivity contribution in [1.82, 2.24) is 5.32 Å². The maximum Gasteiger partial charge on any atom is 0.251 e. The fraction of sp³-hybridized carbons (Fsp3) is 0.278. The second-order valence-electron chi connectivity index (χ2n) is 5.38. The molecule has 0 spiro atoms. The zero-order valence-electron chi connectivity index (χ0n) is 12.4. The number of hydrogen-bond acceptors (Lipinski definition) is 3. The topological polar surface area (TPSA) is 47.6 Å². The van der Waals surface area contributed by atoms with Crippen LogP contribution in [0.25, 0.3) is 0 Å². The Hall–Kier alpha value is -2.49. The van der Waals surface area contributed by atoms with Crippen LogP contribution in [0.3, 0.4) is 0 Å². The molecule has 0 bridgehead atoms. The molecule has 0 radical (unpaired) electrons. The quantitative estimate of drug-likeness (QED) is 0.927. The summed E-state index contributed by atoms with van der Waals surface area (Å²) >= 11 is 0. The van der Waals surface area contributed by atoms with Crippen molar-refractivity contribution < 1.29 is 14.3 Å². The molecule has 4 heteroatoms. The van der Waals surface area contributed by atoms with Crippen LogP contribution in [0.1, 0.15) is 29.6 Å². The van der Waals surface area contributed by atoms with E-state index in [1.807, 2.05) is 12.2 Å². The number of nitrogens with one attached hydrogen (secondary N) is 1. The lowest BCUT2D eigenvalue weighted by Gasteiger charge is -2.26. The van der Waals surface area contributed by atoms with Gasteiger partial charge in [0.1, 0.15) is 0 Å². The van der Waals surface area contributed by atoms with Crippen LogP contribution in [0.5, 0.6) is 11.5 Å². The van der Waals surface area contributed by atoms with Crippen LogP contribution in [0.15, 0.2) is 54.7 Å². The second-order valence-corrected chi connectivity index (χ2v) is 5.38. The molecular weight excluding hydrogens is 278 g/mol. The van der Waals surface area contributed by atoms with E-state index < -0.39 is 0 Å². The van der Waals surface area contributed by atoms with Gasteiger partial charge in [-0.2, -0.15) is 0 Å². The van der Waals surface area contributed by atoms with Gasteiger partial charge in [0.2, 0.25) is 6.79 Å². The number of ether oxygens (including phenoxy) is 2. The minimum absolute atomic E-state index is 0.0165. The van der Waals surface area contributed by atoms with Crippen molar-refractivity contribution in [1.29, 1.82) is 0 Å². The Balaban J connectivity index is 1.79. The lowest BCUT2D eigenvalue weighted by molar-refractivity contribution is 0.0940. The Labute approximate surface area is 130 Å². The van der Waals surface area contributed by atoms with Crippen molar-refractivity contribution >= 4 is 5.91 Å². The van der Waals surface area contributed by atoms with E-state index in [0.717, 1.165) is 30.4 Å². The number of amides is 1. The third kappa shape index (κ3) is 2.64. The molecule has 1 atom stereocenters. The average Bonchev–Trinajstić information content (AvgIpc) is 3.02. The van der Waals surface area contributed by atoms with Gasteiger partial charge in [-0.25, -0.2) is 0 Å². The molecule has 114 valence electrons. The molecule has 1 amide bonds. The summed E-state index contributed by atoms with van der Waals surface area (Å²) in [4.78, 5) is 12.5. The highest BCUT2D eigenvalue weighted by Gasteiger charge is 2.23. The van der Waals surface area contributed by atoms with E-state index in [0.29, 0.717) is 17.1 Å². The standard InChI is InChI=1S/C18H19NO3/c1-3-12-6-5-7-15(14(12)4-2)19-18(20)13-8-9-16-17(10-13)22-11-21-16/h3-4,8-10,15H,1-2,5-7,11H2,(H,19,20). The average molecular weight is 297 g/mol. The van der Waals surface area contributed by atoms with Crippen LogP contribution in [0, 0.1) is 0 Å². The van der Waals surface area contributed by atoms with Crippen molar-refractivity contribution in [3.63, 3.8) is 0 Å². The smallest absolute Gasteiger partial charge is 0.251 e. The maximum absolute atomic E-state index is 12.5. The highest BCUT2D eigenvalue weighted by Crippen LogP contribution is 2.33. The third-order valence-electron chi connectivity index (χ3n) is 4.09. The van der Waals surface area contributed by atoms with Crippen molar-refractivity contribution in [2.24, 2.45) is 0 Å². The summed E-state index contributed by atoms with van der Waals surface area (Å²) in [5.74, 6) is 1.17. The van der Waals surface area contributed by atoms with Gasteiger partial charge in [-0.15, -0.1) is 0 Å². The summed E-state index contributed by atoms with van der Waals surface area (Å²) in [6.45, 7) is 7.91. The SMILES string of the molecule is C=CC1=C(C=C)C(NC(=O)c2ccc3c(c2)OCO3)CCC1. The number of carbonyl (C=O) groups is 1. The van der Waals surface area contributed by atoms with Gasteiger partial charge in [0.25, 0.3) is 5.91 Å². The number of hydrogen-bond donors (Lipinski definition) is 1. The lowest BCUT2D eigenvalue weighted by Crippen LogP contribution is -2.37. The summed E-state index contributed by atoms with van der Waals surface area (Å²) < 4.78 is 10.6. The van der Waals surface area contributed by atoms with Crippen molar-refractivity contribution in [3.05, 3.63) is 60.2 Å². The number of allylic oxidation sites excluding steroid dienone is 2. The van der Waals surface area contributed by atoms with Crippen molar-refractivity contribution in [2.45, 2.75) is 25.3 Å². The van der Waals surface area contributed by atoms with Gasteiger partial charge in [-0.1, -0.05) is 25.3 Å². The van der Waals surface area contributed by atoms with Crippen LogP contribution in [0.2, 0.25) is 0 Å². The number of fused-ring (bicyclic) bond motifs is 1. The molecule has 1 unspecified atom stereocenters. The second kappa shape index (κ2) is 6.10. The maximum atomic E-state index is 12.5. The minimum atomic E-state index is -0.118. The monoisotopic (exact) mass is 297 g/mol. The van der Waals surface area contributed by atoms with E-state index in [2.05, 4.69) is 18.5 Å². The fourth-order valence-corrected chi connectivity index (χ4v) is 2.94. The van der Waals surface area contributed by atoms with E-state index in [9.17, 15) is 4.79 Å². The van der Waals surface area contributed by atoms with E-state index in [-0.39, 0.29) is 18.7 Å². The molecule has 1 aromatic rings. The number of carbonyl (C=O) groups excluding carboxylic acids is 1. The van der Waals surface area contributed by atoms with Gasteiger partial charge in [-0.3, -0.25) is 4.79 Å². The molecule has 1 aliphatic heterocycles. The van der Waals surface area contributed by atoms with Crippen LogP contribution in [-0.4, -0.2) is 18.7 Å². The molecule has 22 heavy (non-hydrogen) atoms. The van der Waals surface area contributed by atoms with Crippen LogP contribution < -0.4 is 14.8 Å². The normalized spacial score (nSPS) is 19.7. The number of benzene rings is 1. The molecule has 2 aliphatic rings.